The summed E-state index contributed by atoms with van der Waals surface area (Å²) in [4.78, 5) is 26.0. The summed E-state index contributed by atoms with van der Waals surface area (Å²) in [5.74, 6) is -1.21. The van der Waals surface area contributed by atoms with E-state index in [1.165, 1.54) is 47.4 Å². The van der Waals surface area contributed by atoms with Gasteiger partial charge in [0.1, 0.15) is 0 Å². The molecule has 1 amide bonds. The SMILES string of the molecule is C[C@H](OC(=O)c1cccc(S(=O)(=O)N2CCCC[C@H]2C)c1)C(=O)N(C)CCC#N. The average Bonchev–Trinajstić information content (AvgIpc) is 2.71. The molecule has 8 nitrogen and oxygen atoms in total. The smallest absolute Gasteiger partial charge is 0.338 e. The van der Waals surface area contributed by atoms with E-state index in [4.69, 9.17) is 10.00 Å². The second-order valence-corrected chi connectivity index (χ2v) is 9.09. The fraction of sp³-hybridized carbons (Fsp3) is 0.550. The molecule has 1 aromatic carbocycles. The number of hydrogen-bond donors (Lipinski definition) is 0. The molecule has 9 heteroatoms. The topological polar surface area (TPSA) is 108 Å². The Morgan fingerprint density at radius 2 is 2.10 bits per heavy atom. The number of sulfonamides is 1. The Bertz CT molecular complexity index is 894. The highest BCUT2D eigenvalue weighted by Crippen LogP contribution is 2.25. The Morgan fingerprint density at radius 1 is 1.38 bits per heavy atom. The normalized spacial score (nSPS) is 18.5. The standard InChI is InChI=1S/C20H27N3O5S/c1-15-8-4-5-13-23(15)29(26,27)18-10-6-9-17(14-18)20(25)28-16(2)19(24)22(3)12-7-11-21/h6,9-10,14-16H,4-5,7-8,12-13H2,1-3H3/t15-,16+/m1/s1. The number of benzene rings is 1. The summed E-state index contributed by atoms with van der Waals surface area (Å²) >= 11 is 0. The van der Waals surface area contributed by atoms with Gasteiger partial charge in [-0.05, 0) is 44.9 Å². The van der Waals surface area contributed by atoms with Crippen LogP contribution >= 0.6 is 0 Å². The van der Waals surface area contributed by atoms with Gasteiger partial charge in [-0.1, -0.05) is 12.5 Å². The molecule has 1 aliphatic rings. The van der Waals surface area contributed by atoms with Crippen LogP contribution in [0.1, 0.15) is 49.9 Å². The number of carbonyl (C=O) groups is 2. The van der Waals surface area contributed by atoms with Crippen molar-refractivity contribution in [1.82, 2.24) is 9.21 Å². The van der Waals surface area contributed by atoms with Crippen LogP contribution in [0.15, 0.2) is 29.2 Å². The Morgan fingerprint density at radius 3 is 2.76 bits per heavy atom. The van der Waals surface area contributed by atoms with Crippen molar-refractivity contribution in [3.8, 4) is 6.07 Å². The van der Waals surface area contributed by atoms with Gasteiger partial charge in [-0.25, -0.2) is 13.2 Å². The molecule has 0 bridgehead atoms. The van der Waals surface area contributed by atoms with Gasteiger partial charge in [-0.15, -0.1) is 0 Å². The molecule has 0 aliphatic carbocycles. The molecule has 0 N–H and O–H groups in total. The van der Waals surface area contributed by atoms with Gasteiger partial charge in [-0.3, -0.25) is 4.79 Å². The zero-order chi connectivity index (χ0) is 21.6. The summed E-state index contributed by atoms with van der Waals surface area (Å²) in [5, 5.41) is 8.61. The summed E-state index contributed by atoms with van der Waals surface area (Å²) in [6.45, 7) is 4.02. The van der Waals surface area contributed by atoms with Crippen LogP contribution in [0.3, 0.4) is 0 Å². The van der Waals surface area contributed by atoms with Crippen LogP contribution in [0.2, 0.25) is 0 Å². The van der Waals surface area contributed by atoms with Crippen molar-refractivity contribution in [2.75, 3.05) is 20.1 Å². The maximum absolute atomic E-state index is 13.0. The lowest BCUT2D eigenvalue weighted by Crippen LogP contribution is -2.42. The molecule has 0 spiro atoms. The Balaban J connectivity index is 2.13. The van der Waals surface area contributed by atoms with E-state index in [-0.39, 0.29) is 29.5 Å². The van der Waals surface area contributed by atoms with Gasteiger partial charge in [0.2, 0.25) is 10.0 Å². The monoisotopic (exact) mass is 421 g/mol. The number of nitrogens with zero attached hydrogens (tertiary/aromatic N) is 3. The maximum Gasteiger partial charge on any atom is 0.338 e. The summed E-state index contributed by atoms with van der Waals surface area (Å²) in [6.07, 6.45) is 1.74. The molecular weight excluding hydrogens is 394 g/mol. The van der Waals surface area contributed by atoms with Crippen LogP contribution < -0.4 is 0 Å². The van der Waals surface area contributed by atoms with E-state index in [1.54, 1.807) is 0 Å². The summed E-state index contributed by atoms with van der Waals surface area (Å²) in [6, 6.07) is 7.54. The Labute approximate surface area is 172 Å². The van der Waals surface area contributed by atoms with E-state index in [2.05, 4.69) is 0 Å². The van der Waals surface area contributed by atoms with Crippen molar-refractivity contribution in [2.24, 2.45) is 0 Å². The number of amides is 1. The summed E-state index contributed by atoms with van der Waals surface area (Å²) < 4.78 is 32.6. The maximum atomic E-state index is 13.0. The fourth-order valence-corrected chi connectivity index (χ4v) is 5.01. The van der Waals surface area contributed by atoms with Crippen LogP contribution in [0.5, 0.6) is 0 Å². The molecule has 1 saturated heterocycles. The highest BCUT2D eigenvalue weighted by Gasteiger charge is 2.31. The third-order valence-electron chi connectivity index (χ3n) is 4.99. The number of esters is 1. The highest BCUT2D eigenvalue weighted by molar-refractivity contribution is 7.89. The van der Waals surface area contributed by atoms with Crippen LogP contribution in [-0.2, 0) is 19.6 Å². The molecule has 29 heavy (non-hydrogen) atoms. The molecular formula is C20H27N3O5S. The third kappa shape index (κ3) is 5.55. The number of ether oxygens (including phenoxy) is 1. The predicted octanol–water partition coefficient (Wildman–Crippen LogP) is 2.17. The fourth-order valence-electron chi connectivity index (χ4n) is 3.27. The van der Waals surface area contributed by atoms with Crippen molar-refractivity contribution < 1.29 is 22.7 Å². The second-order valence-electron chi connectivity index (χ2n) is 7.20. The van der Waals surface area contributed by atoms with Crippen molar-refractivity contribution in [2.45, 2.75) is 56.6 Å². The van der Waals surface area contributed by atoms with Crippen LogP contribution in [-0.4, -0.2) is 61.8 Å². The molecule has 1 heterocycles. The van der Waals surface area contributed by atoms with Crippen molar-refractivity contribution in [3.05, 3.63) is 29.8 Å². The molecule has 158 valence electrons. The van der Waals surface area contributed by atoms with E-state index in [9.17, 15) is 18.0 Å². The van der Waals surface area contributed by atoms with Gasteiger partial charge < -0.3 is 9.64 Å². The molecule has 1 aromatic rings. The molecule has 0 saturated carbocycles. The lowest BCUT2D eigenvalue weighted by molar-refractivity contribution is -0.138. The quantitative estimate of drug-likeness (QED) is 0.625. The Hall–Kier alpha value is -2.44. The molecule has 0 radical (unpaired) electrons. The van der Waals surface area contributed by atoms with E-state index < -0.39 is 28.0 Å². The summed E-state index contributed by atoms with van der Waals surface area (Å²) in [7, 11) is -2.19. The van der Waals surface area contributed by atoms with E-state index in [0.717, 1.165) is 19.3 Å². The minimum atomic E-state index is -3.72. The zero-order valence-electron chi connectivity index (χ0n) is 17.0. The van der Waals surface area contributed by atoms with E-state index in [1.807, 2.05) is 13.0 Å². The number of likely N-dealkylation sites (N-methyl/N-ethyl adjacent to an activating group) is 1. The third-order valence-corrected chi connectivity index (χ3v) is 6.99. The van der Waals surface area contributed by atoms with Gasteiger partial charge in [0.15, 0.2) is 6.10 Å². The number of piperidine rings is 1. The van der Waals surface area contributed by atoms with Gasteiger partial charge in [0.05, 0.1) is 22.9 Å². The minimum Gasteiger partial charge on any atom is -0.449 e. The molecule has 1 aliphatic heterocycles. The predicted molar refractivity (Wildman–Crippen MR) is 106 cm³/mol. The van der Waals surface area contributed by atoms with Crippen molar-refractivity contribution >= 4 is 21.9 Å². The number of carbonyl (C=O) groups excluding carboxylic acids is 2. The largest absolute Gasteiger partial charge is 0.449 e. The van der Waals surface area contributed by atoms with Crippen molar-refractivity contribution in [1.29, 1.82) is 5.26 Å². The molecule has 1 fully saturated rings. The van der Waals surface area contributed by atoms with E-state index in [0.29, 0.717) is 6.54 Å². The van der Waals surface area contributed by atoms with Crippen molar-refractivity contribution in [3.63, 3.8) is 0 Å². The minimum absolute atomic E-state index is 0.0332. The number of hydrogen-bond acceptors (Lipinski definition) is 6. The lowest BCUT2D eigenvalue weighted by atomic mass is 10.1. The summed E-state index contributed by atoms with van der Waals surface area (Å²) in [5.41, 5.74) is 0.0649. The number of rotatable bonds is 7. The van der Waals surface area contributed by atoms with Crippen LogP contribution in [0, 0.1) is 11.3 Å². The van der Waals surface area contributed by atoms with E-state index >= 15 is 0 Å². The Kier molecular flexibility index (Phi) is 7.76. The molecule has 0 unspecified atom stereocenters. The first-order valence-electron chi connectivity index (χ1n) is 9.63. The molecule has 2 atom stereocenters. The van der Waals surface area contributed by atoms with Gasteiger partial charge in [0, 0.05) is 26.2 Å². The highest BCUT2D eigenvalue weighted by atomic mass is 32.2. The molecule has 2 rings (SSSR count). The lowest BCUT2D eigenvalue weighted by Gasteiger charge is -2.32. The van der Waals surface area contributed by atoms with Gasteiger partial charge in [-0.2, -0.15) is 9.57 Å². The zero-order valence-corrected chi connectivity index (χ0v) is 17.8. The first-order valence-corrected chi connectivity index (χ1v) is 11.1. The second kappa shape index (κ2) is 9.85. The molecule has 0 aromatic heterocycles. The first-order chi connectivity index (χ1) is 13.7. The van der Waals surface area contributed by atoms with Crippen LogP contribution in [0.25, 0.3) is 0 Å². The average molecular weight is 422 g/mol. The first kappa shape index (κ1) is 22.8. The van der Waals surface area contributed by atoms with Crippen LogP contribution in [0.4, 0.5) is 0 Å². The number of nitriles is 1. The van der Waals surface area contributed by atoms with Gasteiger partial charge in [0.25, 0.3) is 5.91 Å². The van der Waals surface area contributed by atoms with Gasteiger partial charge >= 0.3 is 5.97 Å².